The number of amidine groups is 1. The van der Waals surface area contributed by atoms with Crippen molar-refractivity contribution in [1.82, 2.24) is 5.27 Å². The summed E-state index contributed by atoms with van der Waals surface area (Å²) in [7, 11) is 0. The summed E-state index contributed by atoms with van der Waals surface area (Å²) in [6.45, 7) is 8.64. The highest BCUT2D eigenvalue weighted by Gasteiger charge is 2.32. The number of aliphatic imine (C=N–C) groups is 1. The van der Waals surface area contributed by atoms with Gasteiger partial charge in [0.05, 0.1) is 11.4 Å². The molecule has 3 aromatic rings. The lowest BCUT2D eigenvalue weighted by Gasteiger charge is -2.20. The zero-order valence-corrected chi connectivity index (χ0v) is 21.4. The number of nitrogens with one attached hydrogen (secondary N) is 1. The van der Waals surface area contributed by atoms with E-state index in [1.54, 1.807) is 17.0 Å². The number of nitrogens with zero attached hydrogens (tertiary/aromatic N) is 5. The second-order valence-electron chi connectivity index (χ2n) is 7.92. The average molecular weight is 506 g/mol. The van der Waals surface area contributed by atoms with Gasteiger partial charge in [0.25, 0.3) is 12.1 Å². The molecule has 0 radical (unpaired) electrons. The molecule has 1 aromatic heterocycles. The second-order valence-corrected chi connectivity index (χ2v) is 8.87. The number of aryl methyl sites for hydroxylation is 1. The summed E-state index contributed by atoms with van der Waals surface area (Å²) >= 11 is 1.18. The first-order valence-electron chi connectivity index (χ1n) is 11.9. The predicted octanol–water partition coefficient (Wildman–Crippen LogP) is 3.94. The van der Waals surface area contributed by atoms with E-state index in [0.29, 0.717) is 23.1 Å². The Bertz CT molecular complexity index is 1270. The van der Waals surface area contributed by atoms with E-state index >= 15 is 0 Å². The van der Waals surface area contributed by atoms with Crippen LogP contribution in [0.25, 0.3) is 6.08 Å². The summed E-state index contributed by atoms with van der Waals surface area (Å²) in [5.41, 5.74) is 3.02. The third-order valence-electron chi connectivity index (χ3n) is 5.60. The Morgan fingerprint density at radius 3 is 2.47 bits per heavy atom. The zero-order chi connectivity index (χ0) is 25.5. The molecule has 2 aromatic carbocycles. The van der Waals surface area contributed by atoms with Crippen LogP contribution < -0.4 is 19.8 Å². The van der Waals surface area contributed by atoms with Crippen molar-refractivity contribution in [2.75, 3.05) is 34.0 Å². The number of para-hydroxylation sites is 1. The molecule has 0 spiro atoms. The molecule has 4 rings (SSSR count). The minimum absolute atomic E-state index is 0.0497. The fraction of sp³-hybridized carbons (Fsp3) is 0.269. The molecule has 0 fully saturated rings. The number of carbonyl (C=O) groups is 2. The highest BCUT2D eigenvalue weighted by molar-refractivity contribution is 8.14. The van der Waals surface area contributed by atoms with Crippen molar-refractivity contribution in [3.05, 3.63) is 72.1 Å². The number of aromatic nitrogens is 2. The third-order valence-corrected chi connectivity index (χ3v) is 6.54. The maximum Gasteiger partial charge on any atom is 0.302 e. The smallest absolute Gasteiger partial charge is 0.302 e. The first-order valence-corrected chi connectivity index (χ1v) is 12.8. The first-order chi connectivity index (χ1) is 17.5. The van der Waals surface area contributed by atoms with Crippen molar-refractivity contribution < 1.29 is 18.8 Å². The SMILES string of the molecule is CCN(CC)c1ccc(/C=C2/N=C(SCC(=O)Nc3c[n+](CC)no3)N(c3ccccc3)C2=O)cc1. The lowest BCUT2D eigenvalue weighted by Crippen LogP contribution is -2.33. The number of thioether (sulfide) groups is 1. The van der Waals surface area contributed by atoms with Crippen LogP contribution in [0.1, 0.15) is 26.3 Å². The van der Waals surface area contributed by atoms with Crippen LogP contribution in [-0.4, -0.2) is 41.1 Å². The van der Waals surface area contributed by atoms with Gasteiger partial charge >= 0.3 is 5.88 Å². The van der Waals surface area contributed by atoms with Crippen molar-refractivity contribution in [2.24, 2.45) is 4.99 Å². The van der Waals surface area contributed by atoms with Crippen molar-refractivity contribution in [2.45, 2.75) is 27.3 Å². The van der Waals surface area contributed by atoms with Crippen LogP contribution in [0.5, 0.6) is 0 Å². The Kier molecular flexibility index (Phi) is 8.17. The highest BCUT2D eigenvalue weighted by Crippen LogP contribution is 2.29. The van der Waals surface area contributed by atoms with Crippen LogP contribution >= 0.6 is 11.8 Å². The van der Waals surface area contributed by atoms with Gasteiger partial charge < -0.3 is 4.90 Å². The highest BCUT2D eigenvalue weighted by atomic mass is 32.2. The number of amides is 2. The monoisotopic (exact) mass is 505 g/mol. The van der Waals surface area contributed by atoms with Crippen LogP contribution in [0.3, 0.4) is 0 Å². The molecule has 0 saturated carbocycles. The Hall–Kier alpha value is -3.92. The number of hydrogen-bond acceptors (Lipinski definition) is 7. The molecule has 0 aliphatic carbocycles. The van der Waals surface area contributed by atoms with Crippen molar-refractivity contribution in [1.29, 1.82) is 0 Å². The van der Waals surface area contributed by atoms with Crippen LogP contribution in [0.2, 0.25) is 0 Å². The molecule has 0 atom stereocenters. The molecule has 186 valence electrons. The van der Waals surface area contributed by atoms with Crippen molar-refractivity contribution in [3.8, 4) is 0 Å². The molecule has 1 aliphatic rings. The summed E-state index contributed by atoms with van der Waals surface area (Å²) in [6, 6.07) is 17.3. The van der Waals surface area contributed by atoms with E-state index in [-0.39, 0.29) is 23.5 Å². The van der Waals surface area contributed by atoms with Gasteiger partial charge in [-0.3, -0.25) is 24.3 Å². The maximum atomic E-state index is 13.4. The molecule has 10 heteroatoms. The quantitative estimate of drug-likeness (QED) is 0.350. The largest absolute Gasteiger partial charge is 0.372 e. The van der Waals surface area contributed by atoms with E-state index in [4.69, 9.17) is 4.52 Å². The normalized spacial score (nSPS) is 14.3. The van der Waals surface area contributed by atoms with E-state index in [2.05, 4.69) is 34.3 Å². The summed E-state index contributed by atoms with van der Waals surface area (Å²) in [5.74, 6) is -0.211. The maximum absolute atomic E-state index is 13.4. The Morgan fingerprint density at radius 1 is 1.11 bits per heavy atom. The van der Waals surface area contributed by atoms with Gasteiger partial charge in [-0.05, 0) is 56.7 Å². The fourth-order valence-electron chi connectivity index (χ4n) is 3.71. The summed E-state index contributed by atoms with van der Waals surface area (Å²) in [6.07, 6.45) is 3.39. The molecule has 1 N–H and O–H groups in total. The van der Waals surface area contributed by atoms with Gasteiger partial charge in [-0.1, -0.05) is 46.8 Å². The summed E-state index contributed by atoms with van der Waals surface area (Å²) in [5, 5.41) is 6.91. The van der Waals surface area contributed by atoms with Gasteiger partial charge in [-0.2, -0.15) is 0 Å². The van der Waals surface area contributed by atoms with Crippen molar-refractivity contribution >= 4 is 52.1 Å². The molecule has 1 aliphatic heterocycles. The third kappa shape index (κ3) is 5.83. The molecule has 0 saturated heterocycles. The molecule has 9 nitrogen and oxygen atoms in total. The van der Waals surface area contributed by atoms with Crippen LogP contribution in [0, 0.1) is 0 Å². The lowest BCUT2D eigenvalue weighted by atomic mass is 10.1. The van der Waals surface area contributed by atoms with Crippen LogP contribution in [-0.2, 0) is 16.1 Å². The molecule has 0 unspecified atom stereocenters. The van der Waals surface area contributed by atoms with E-state index in [0.717, 1.165) is 24.3 Å². The topological polar surface area (TPSA) is 94.9 Å². The summed E-state index contributed by atoms with van der Waals surface area (Å²) < 4.78 is 6.67. The number of anilines is 3. The number of carbonyl (C=O) groups excluding carboxylic acids is 2. The van der Waals surface area contributed by atoms with Crippen LogP contribution in [0.4, 0.5) is 17.3 Å². The Morgan fingerprint density at radius 2 is 1.83 bits per heavy atom. The van der Waals surface area contributed by atoms with Gasteiger partial charge in [-0.15, -0.1) is 0 Å². The zero-order valence-electron chi connectivity index (χ0n) is 20.5. The minimum Gasteiger partial charge on any atom is -0.372 e. The predicted molar refractivity (Wildman–Crippen MR) is 143 cm³/mol. The molecule has 0 bridgehead atoms. The van der Waals surface area contributed by atoms with Gasteiger partial charge in [0.2, 0.25) is 11.2 Å². The number of benzene rings is 2. The lowest BCUT2D eigenvalue weighted by molar-refractivity contribution is -0.759. The Balaban J connectivity index is 1.53. The van der Waals surface area contributed by atoms with Crippen LogP contribution in [0.15, 0.2) is 76.0 Å². The second kappa shape index (κ2) is 11.7. The van der Waals surface area contributed by atoms with E-state index in [9.17, 15) is 9.59 Å². The molecule has 36 heavy (non-hydrogen) atoms. The summed E-state index contributed by atoms with van der Waals surface area (Å²) in [4.78, 5) is 34.2. The van der Waals surface area contributed by atoms with E-state index < -0.39 is 0 Å². The molecular formula is C26H29N6O3S+. The number of rotatable bonds is 9. The number of hydrogen-bond donors (Lipinski definition) is 1. The van der Waals surface area contributed by atoms with Crippen molar-refractivity contribution in [3.63, 3.8) is 0 Å². The first kappa shape index (κ1) is 25.2. The standard InChI is InChI=1S/C26H28N6O3S/c1-4-30(5-2)20-14-12-19(13-15-20)16-22-25(34)32(21-10-8-7-9-11-21)26(27-22)36-18-23(33)28-24-17-31(6-3)29-35-24/h7-17H,4-6,18H2,1-3H3/p+1/b22-16+. The molecule has 2 heterocycles. The van der Waals surface area contributed by atoms with Gasteiger partial charge in [0, 0.05) is 18.8 Å². The Labute approximate surface area is 214 Å². The minimum atomic E-state index is -0.285. The van der Waals surface area contributed by atoms with Gasteiger partial charge in [0.15, 0.2) is 11.7 Å². The fourth-order valence-corrected chi connectivity index (χ4v) is 4.53. The van der Waals surface area contributed by atoms with E-state index in [1.807, 2.05) is 61.5 Å². The molecular weight excluding hydrogens is 476 g/mol. The molecule has 2 amide bonds. The van der Waals surface area contributed by atoms with E-state index in [1.165, 1.54) is 16.7 Å². The van der Waals surface area contributed by atoms with Gasteiger partial charge in [0.1, 0.15) is 5.70 Å². The van der Waals surface area contributed by atoms with Gasteiger partial charge in [-0.25, -0.2) is 4.99 Å². The average Bonchev–Trinajstić information content (AvgIpc) is 3.48.